The van der Waals surface area contributed by atoms with Gasteiger partial charge in [0.2, 0.25) is 0 Å². The zero-order valence-corrected chi connectivity index (χ0v) is 11.7. The quantitative estimate of drug-likeness (QED) is 0.363. The number of aromatic nitrogens is 1. The zero-order valence-electron chi connectivity index (χ0n) is 11.7. The van der Waals surface area contributed by atoms with E-state index in [0.717, 1.165) is 5.69 Å². The molecular formula is C15H17N3O3. The molecule has 1 aromatic heterocycles. The highest BCUT2D eigenvalue weighted by molar-refractivity contribution is 5.94. The summed E-state index contributed by atoms with van der Waals surface area (Å²) in [5, 5.41) is 0. The maximum absolute atomic E-state index is 11.4. The van der Waals surface area contributed by atoms with Gasteiger partial charge in [-0.15, -0.1) is 0 Å². The minimum absolute atomic E-state index is 0.359. The van der Waals surface area contributed by atoms with Gasteiger partial charge in [-0.3, -0.25) is 15.2 Å². The Balaban J connectivity index is 1.80. The molecule has 0 fully saturated rings. The van der Waals surface area contributed by atoms with Crippen LogP contribution < -0.4 is 20.7 Å². The number of nitrogens with two attached hydrogens (primary N) is 1. The third-order valence-electron chi connectivity index (χ3n) is 2.73. The average Bonchev–Trinajstić information content (AvgIpc) is 2.53. The van der Waals surface area contributed by atoms with Crippen molar-refractivity contribution in [2.24, 2.45) is 5.84 Å². The summed E-state index contributed by atoms with van der Waals surface area (Å²) in [7, 11) is 0. The van der Waals surface area contributed by atoms with Crippen LogP contribution in [0.3, 0.4) is 0 Å². The summed E-state index contributed by atoms with van der Waals surface area (Å²) in [6.45, 7) is 2.66. The fraction of sp³-hybridized carbons (Fsp3) is 0.200. The number of carbonyl (C=O) groups is 1. The van der Waals surface area contributed by atoms with Gasteiger partial charge < -0.3 is 9.47 Å². The minimum atomic E-state index is -0.359. The molecule has 0 saturated carbocycles. The molecule has 0 atom stereocenters. The highest BCUT2D eigenvalue weighted by Crippen LogP contribution is 2.13. The van der Waals surface area contributed by atoms with Gasteiger partial charge in [0, 0.05) is 11.3 Å². The van der Waals surface area contributed by atoms with Crippen LogP contribution in [-0.2, 0) is 0 Å². The van der Waals surface area contributed by atoms with Crippen molar-refractivity contribution in [2.75, 3.05) is 13.2 Å². The molecule has 3 N–H and O–H groups in total. The van der Waals surface area contributed by atoms with Crippen LogP contribution >= 0.6 is 0 Å². The molecule has 110 valence electrons. The summed E-state index contributed by atoms with van der Waals surface area (Å²) in [6, 6.07) is 10.5. The number of ether oxygens (including phenoxy) is 2. The third kappa shape index (κ3) is 4.47. The predicted octanol–water partition coefficient (Wildman–Crippen LogP) is 1.45. The number of nitrogen functional groups attached to an aromatic ring is 1. The Morgan fingerprint density at radius 1 is 1.19 bits per heavy atom. The lowest BCUT2D eigenvalue weighted by atomic mass is 10.2. The Bertz CT molecular complexity index is 599. The number of hydrogen-bond acceptors (Lipinski definition) is 5. The van der Waals surface area contributed by atoms with Gasteiger partial charge in [-0.1, -0.05) is 6.07 Å². The van der Waals surface area contributed by atoms with Crippen LogP contribution in [0.2, 0.25) is 0 Å². The van der Waals surface area contributed by atoms with Crippen LogP contribution in [-0.4, -0.2) is 24.1 Å². The lowest BCUT2D eigenvalue weighted by Crippen LogP contribution is -2.29. The molecule has 2 rings (SSSR count). The molecule has 1 heterocycles. The van der Waals surface area contributed by atoms with Crippen LogP contribution in [0.15, 0.2) is 42.6 Å². The number of nitrogens with one attached hydrogen (secondary N) is 1. The first-order valence-electron chi connectivity index (χ1n) is 6.48. The number of rotatable bonds is 6. The molecular weight excluding hydrogens is 270 g/mol. The predicted molar refractivity (Wildman–Crippen MR) is 78.1 cm³/mol. The van der Waals surface area contributed by atoms with Crippen LogP contribution in [0.4, 0.5) is 0 Å². The summed E-state index contributed by atoms with van der Waals surface area (Å²) < 4.78 is 11.0. The summed E-state index contributed by atoms with van der Waals surface area (Å²) in [4.78, 5) is 15.5. The van der Waals surface area contributed by atoms with Gasteiger partial charge in [-0.05, 0) is 37.3 Å². The normalized spacial score (nSPS) is 10.0. The molecule has 0 aliphatic rings. The van der Waals surface area contributed by atoms with Crippen LogP contribution in [0.1, 0.15) is 16.1 Å². The molecule has 0 saturated heterocycles. The molecule has 0 bridgehead atoms. The molecule has 21 heavy (non-hydrogen) atoms. The highest BCUT2D eigenvalue weighted by Gasteiger charge is 2.04. The second-order valence-electron chi connectivity index (χ2n) is 4.33. The molecule has 6 nitrogen and oxygen atoms in total. The molecule has 6 heteroatoms. The Morgan fingerprint density at radius 2 is 1.95 bits per heavy atom. The number of aryl methyl sites for hydroxylation is 1. The van der Waals surface area contributed by atoms with Gasteiger partial charge in [0.15, 0.2) is 0 Å². The van der Waals surface area contributed by atoms with E-state index in [1.807, 2.05) is 19.1 Å². The number of carbonyl (C=O) groups excluding carboxylic acids is 1. The maximum atomic E-state index is 11.4. The number of nitrogens with zero attached hydrogens (tertiary/aromatic N) is 1. The highest BCUT2D eigenvalue weighted by atomic mass is 16.5. The largest absolute Gasteiger partial charge is 0.490 e. The second-order valence-corrected chi connectivity index (χ2v) is 4.33. The average molecular weight is 287 g/mol. The van der Waals surface area contributed by atoms with E-state index in [1.165, 1.54) is 0 Å². The molecule has 0 unspecified atom stereocenters. The van der Waals surface area contributed by atoms with Crippen LogP contribution in [0.25, 0.3) is 0 Å². The van der Waals surface area contributed by atoms with E-state index in [9.17, 15) is 4.79 Å². The van der Waals surface area contributed by atoms with Crippen molar-refractivity contribution in [1.82, 2.24) is 10.4 Å². The molecule has 0 aliphatic carbocycles. The standard InChI is InChI=1S/C15H17N3O3/c1-11-5-6-14(10-17-11)21-8-7-20-13-4-2-3-12(9-13)15(19)18-16/h2-6,9-10H,7-8,16H2,1H3,(H,18,19). The zero-order chi connectivity index (χ0) is 15.1. The fourth-order valence-electron chi connectivity index (χ4n) is 1.67. The fourth-order valence-corrected chi connectivity index (χ4v) is 1.67. The molecule has 2 aromatic rings. The first-order chi connectivity index (χ1) is 10.2. The van der Waals surface area contributed by atoms with E-state index in [0.29, 0.717) is 30.3 Å². The lowest BCUT2D eigenvalue weighted by molar-refractivity contribution is 0.0953. The van der Waals surface area contributed by atoms with Crippen LogP contribution in [0, 0.1) is 6.92 Å². The summed E-state index contributed by atoms with van der Waals surface area (Å²) in [5.41, 5.74) is 3.46. The molecule has 1 aromatic carbocycles. The summed E-state index contributed by atoms with van der Waals surface area (Å²) in [6.07, 6.45) is 1.67. The van der Waals surface area contributed by atoms with E-state index in [-0.39, 0.29) is 5.91 Å². The number of hydrogen-bond donors (Lipinski definition) is 2. The van der Waals surface area contributed by atoms with Gasteiger partial charge in [-0.2, -0.15) is 0 Å². The Morgan fingerprint density at radius 3 is 2.62 bits per heavy atom. The van der Waals surface area contributed by atoms with E-state index in [4.69, 9.17) is 15.3 Å². The SMILES string of the molecule is Cc1ccc(OCCOc2cccc(C(=O)NN)c2)cn1. The smallest absolute Gasteiger partial charge is 0.265 e. The van der Waals surface area contributed by atoms with Crippen molar-refractivity contribution >= 4 is 5.91 Å². The van der Waals surface area contributed by atoms with Gasteiger partial charge in [0.25, 0.3) is 5.91 Å². The summed E-state index contributed by atoms with van der Waals surface area (Å²) >= 11 is 0. The topological polar surface area (TPSA) is 86.5 Å². The van der Waals surface area contributed by atoms with Gasteiger partial charge in [0.05, 0.1) is 6.20 Å². The van der Waals surface area contributed by atoms with Crippen molar-refractivity contribution in [3.8, 4) is 11.5 Å². The van der Waals surface area contributed by atoms with E-state index < -0.39 is 0 Å². The Labute approximate surface area is 122 Å². The van der Waals surface area contributed by atoms with Gasteiger partial charge >= 0.3 is 0 Å². The molecule has 0 spiro atoms. The first-order valence-corrected chi connectivity index (χ1v) is 6.48. The van der Waals surface area contributed by atoms with Gasteiger partial charge in [0.1, 0.15) is 24.7 Å². The Hall–Kier alpha value is -2.60. The number of pyridine rings is 1. The van der Waals surface area contributed by atoms with Crippen LogP contribution in [0.5, 0.6) is 11.5 Å². The second kappa shape index (κ2) is 7.25. The first kappa shape index (κ1) is 14.8. The number of benzene rings is 1. The van der Waals surface area contributed by atoms with E-state index in [2.05, 4.69) is 10.4 Å². The van der Waals surface area contributed by atoms with Gasteiger partial charge in [-0.25, -0.2) is 5.84 Å². The third-order valence-corrected chi connectivity index (χ3v) is 2.73. The monoisotopic (exact) mass is 287 g/mol. The Kier molecular flexibility index (Phi) is 5.11. The number of amides is 1. The van der Waals surface area contributed by atoms with Crippen molar-refractivity contribution in [3.63, 3.8) is 0 Å². The molecule has 1 amide bonds. The van der Waals surface area contributed by atoms with E-state index in [1.54, 1.807) is 30.5 Å². The van der Waals surface area contributed by atoms with Crippen molar-refractivity contribution < 1.29 is 14.3 Å². The van der Waals surface area contributed by atoms with E-state index >= 15 is 0 Å². The van der Waals surface area contributed by atoms with Crippen molar-refractivity contribution in [3.05, 3.63) is 53.9 Å². The summed E-state index contributed by atoms with van der Waals surface area (Å²) in [5.74, 6) is 6.01. The number of hydrazine groups is 1. The van der Waals surface area contributed by atoms with Crippen molar-refractivity contribution in [1.29, 1.82) is 0 Å². The van der Waals surface area contributed by atoms with Crippen molar-refractivity contribution in [2.45, 2.75) is 6.92 Å². The lowest BCUT2D eigenvalue weighted by Gasteiger charge is -2.09. The minimum Gasteiger partial charge on any atom is -0.490 e. The molecule has 0 aliphatic heterocycles. The molecule has 0 radical (unpaired) electrons. The maximum Gasteiger partial charge on any atom is 0.265 e.